The van der Waals surface area contributed by atoms with Gasteiger partial charge in [0.05, 0.1) is 0 Å². The van der Waals surface area contributed by atoms with E-state index in [4.69, 9.17) is 0 Å². The highest BCUT2D eigenvalue weighted by Gasteiger charge is 2.18. The van der Waals surface area contributed by atoms with Gasteiger partial charge in [0.15, 0.2) is 0 Å². The molecule has 2 unspecified atom stereocenters. The zero-order valence-electron chi connectivity index (χ0n) is 9.05. The second-order valence-corrected chi connectivity index (χ2v) is 5.35. The van der Waals surface area contributed by atoms with Crippen molar-refractivity contribution in [2.45, 2.75) is 45.1 Å². The Morgan fingerprint density at radius 3 is 3.07 bits per heavy atom. The van der Waals surface area contributed by atoms with Gasteiger partial charge in [-0.1, -0.05) is 13.8 Å². The largest absolute Gasteiger partial charge is 0.309 e. The summed E-state index contributed by atoms with van der Waals surface area (Å²) in [6.07, 6.45) is 3.90. The van der Waals surface area contributed by atoms with Crippen LogP contribution in [-0.2, 0) is 0 Å². The summed E-state index contributed by atoms with van der Waals surface area (Å²) in [4.78, 5) is 3.09. The Hall–Kier alpha value is -0.340. The predicted octanol–water partition coefficient (Wildman–Crippen LogP) is 3.69. The lowest BCUT2D eigenvalue weighted by Gasteiger charge is -2.07. The molecule has 14 heavy (non-hydrogen) atoms. The average Bonchev–Trinajstić information content (AvgIpc) is 2.86. The molecular weight excluding hydrogens is 190 g/mol. The summed E-state index contributed by atoms with van der Waals surface area (Å²) in [5.41, 5.74) is 0. The molecule has 0 radical (unpaired) electrons. The summed E-state index contributed by atoms with van der Waals surface area (Å²) in [6, 6.07) is 5.28. The molecule has 1 saturated heterocycles. The van der Waals surface area contributed by atoms with Crippen LogP contribution in [0.2, 0.25) is 0 Å². The third kappa shape index (κ3) is 2.01. The molecule has 1 nitrogen and oxygen atoms in total. The van der Waals surface area contributed by atoms with Crippen molar-refractivity contribution in [2.24, 2.45) is 0 Å². The fourth-order valence-electron chi connectivity index (χ4n) is 1.95. The first-order valence-corrected chi connectivity index (χ1v) is 6.46. The first kappa shape index (κ1) is 10.2. The number of hydrogen-bond donors (Lipinski definition) is 1. The summed E-state index contributed by atoms with van der Waals surface area (Å²) in [5.74, 6) is 0.732. The van der Waals surface area contributed by atoms with Gasteiger partial charge >= 0.3 is 0 Å². The Kier molecular flexibility index (Phi) is 3.24. The van der Waals surface area contributed by atoms with Gasteiger partial charge in [-0.2, -0.15) is 0 Å². The molecule has 2 rings (SSSR count). The Labute approximate surface area is 90.5 Å². The summed E-state index contributed by atoms with van der Waals surface area (Å²) >= 11 is 2.00. The fourth-order valence-corrected chi connectivity index (χ4v) is 3.20. The zero-order chi connectivity index (χ0) is 9.97. The number of nitrogens with one attached hydrogen (secondary N) is 1. The van der Waals surface area contributed by atoms with Crippen molar-refractivity contribution in [3.8, 4) is 0 Å². The van der Waals surface area contributed by atoms with Crippen LogP contribution < -0.4 is 5.32 Å². The molecule has 1 aromatic rings. The summed E-state index contributed by atoms with van der Waals surface area (Å²) in [6.45, 7) is 5.77. The lowest BCUT2D eigenvalue weighted by Crippen LogP contribution is -2.11. The topological polar surface area (TPSA) is 12.0 Å². The van der Waals surface area contributed by atoms with E-state index in [-0.39, 0.29) is 0 Å². The first-order chi connectivity index (χ1) is 6.81. The van der Waals surface area contributed by atoms with E-state index >= 15 is 0 Å². The van der Waals surface area contributed by atoms with Crippen molar-refractivity contribution >= 4 is 11.3 Å². The molecule has 0 spiro atoms. The third-order valence-corrected chi connectivity index (χ3v) is 4.58. The SMILES string of the molecule is CCC(C)c1ccc(C2CCCN2)s1. The van der Waals surface area contributed by atoms with Gasteiger partial charge < -0.3 is 5.32 Å². The smallest absolute Gasteiger partial charge is 0.0415 e. The molecule has 2 heteroatoms. The normalized spacial score (nSPS) is 24.0. The van der Waals surface area contributed by atoms with Gasteiger partial charge in [-0.3, -0.25) is 0 Å². The van der Waals surface area contributed by atoms with E-state index in [0.29, 0.717) is 6.04 Å². The molecule has 1 fully saturated rings. The van der Waals surface area contributed by atoms with Crippen LogP contribution in [0.3, 0.4) is 0 Å². The third-order valence-electron chi connectivity index (χ3n) is 3.15. The first-order valence-electron chi connectivity index (χ1n) is 5.64. The van der Waals surface area contributed by atoms with Crippen LogP contribution in [0.1, 0.15) is 54.8 Å². The van der Waals surface area contributed by atoms with Crippen molar-refractivity contribution in [1.29, 1.82) is 0 Å². The van der Waals surface area contributed by atoms with Gasteiger partial charge in [0, 0.05) is 15.8 Å². The van der Waals surface area contributed by atoms with Gasteiger partial charge in [0.25, 0.3) is 0 Å². The van der Waals surface area contributed by atoms with E-state index in [1.807, 2.05) is 11.3 Å². The Morgan fingerprint density at radius 2 is 2.43 bits per heavy atom. The maximum Gasteiger partial charge on any atom is 0.0415 e. The minimum Gasteiger partial charge on any atom is -0.309 e. The van der Waals surface area contributed by atoms with Crippen molar-refractivity contribution < 1.29 is 0 Å². The van der Waals surface area contributed by atoms with E-state index in [2.05, 4.69) is 31.3 Å². The highest BCUT2D eigenvalue weighted by atomic mass is 32.1. The predicted molar refractivity (Wildman–Crippen MR) is 63.0 cm³/mol. The van der Waals surface area contributed by atoms with Crippen LogP contribution >= 0.6 is 11.3 Å². The summed E-state index contributed by atoms with van der Waals surface area (Å²) in [5, 5.41) is 3.55. The highest BCUT2D eigenvalue weighted by Crippen LogP contribution is 2.33. The molecule has 1 aromatic heterocycles. The van der Waals surface area contributed by atoms with Crippen molar-refractivity contribution in [3.05, 3.63) is 21.9 Å². The maximum absolute atomic E-state index is 3.55. The van der Waals surface area contributed by atoms with Crippen LogP contribution in [0.25, 0.3) is 0 Å². The monoisotopic (exact) mass is 209 g/mol. The van der Waals surface area contributed by atoms with Crippen LogP contribution in [0.4, 0.5) is 0 Å². The highest BCUT2D eigenvalue weighted by molar-refractivity contribution is 7.12. The standard InChI is InChI=1S/C12H19NS/c1-3-9(2)11-6-7-12(14-11)10-5-4-8-13-10/h6-7,9-10,13H,3-5,8H2,1-2H3. The molecular formula is C12H19NS. The Bertz CT molecular complexity index is 286. The van der Waals surface area contributed by atoms with Crippen LogP contribution in [0.15, 0.2) is 12.1 Å². The number of hydrogen-bond acceptors (Lipinski definition) is 2. The van der Waals surface area contributed by atoms with Crippen LogP contribution in [0.5, 0.6) is 0 Å². The Balaban J connectivity index is 2.08. The summed E-state index contributed by atoms with van der Waals surface area (Å²) in [7, 11) is 0. The van der Waals surface area contributed by atoms with Gasteiger partial charge in [-0.05, 0) is 43.9 Å². The molecule has 1 aliphatic rings. The second-order valence-electron chi connectivity index (χ2n) is 4.20. The molecule has 1 aliphatic heterocycles. The molecule has 0 saturated carbocycles. The van der Waals surface area contributed by atoms with Gasteiger partial charge in [0.1, 0.15) is 0 Å². The average molecular weight is 209 g/mol. The van der Waals surface area contributed by atoms with E-state index in [9.17, 15) is 0 Å². The van der Waals surface area contributed by atoms with Gasteiger partial charge in [0.2, 0.25) is 0 Å². The van der Waals surface area contributed by atoms with E-state index in [1.165, 1.54) is 30.7 Å². The van der Waals surface area contributed by atoms with E-state index < -0.39 is 0 Å². The lowest BCUT2D eigenvalue weighted by molar-refractivity contribution is 0.660. The fraction of sp³-hybridized carbons (Fsp3) is 0.667. The molecule has 0 aliphatic carbocycles. The van der Waals surface area contributed by atoms with Crippen molar-refractivity contribution in [3.63, 3.8) is 0 Å². The van der Waals surface area contributed by atoms with E-state index in [0.717, 1.165) is 5.92 Å². The molecule has 78 valence electrons. The zero-order valence-corrected chi connectivity index (χ0v) is 9.86. The quantitative estimate of drug-likeness (QED) is 0.800. The van der Waals surface area contributed by atoms with Crippen molar-refractivity contribution in [1.82, 2.24) is 5.32 Å². The molecule has 0 aromatic carbocycles. The van der Waals surface area contributed by atoms with Gasteiger partial charge in [-0.25, -0.2) is 0 Å². The molecule has 1 N–H and O–H groups in total. The van der Waals surface area contributed by atoms with Crippen LogP contribution in [0, 0.1) is 0 Å². The maximum atomic E-state index is 3.55. The molecule has 2 heterocycles. The lowest BCUT2D eigenvalue weighted by atomic mass is 10.1. The second kappa shape index (κ2) is 4.45. The molecule has 0 amide bonds. The number of thiophene rings is 1. The minimum atomic E-state index is 0.651. The minimum absolute atomic E-state index is 0.651. The summed E-state index contributed by atoms with van der Waals surface area (Å²) < 4.78 is 0. The van der Waals surface area contributed by atoms with Crippen molar-refractivity contribution in [2.75, 3.05) is 6.54 Å². The number of rotatable bonds is 3. The molecule has 2 atom stereocenters. The van der Waals surface area contributed by atoms with E-state index in [1.54, 1.807) is 4.88 Å². The Morgan fingerprint density at radius 1 is 1.57 bits per heavy atom. The van der Waals surface area contributed by atoms with Gasteiger partial charge in [-0.15, -0.1) is 11.3 Å². The van der Waals surface area contributed by atoms with Crippen LogP contribution in [-0.4, -0.2) is 6.54 Å². The molecule has 0 bridgehead atoms.